The van der Waals surface area contributed by atoms with Crippen LogP contribution in [0.5, 0.6) is 0 Å². The van der Waals surface area contributed by atoms with Crippen molar-refractivity contribution in [1.29, 1.82) is 0 Å². The number of carbonyl (C=O) groups is 2. The fourth-order valence-corrected chi connectivity index (χ4v) is 3.55. The normalized spacial score (nSPS) is 14.3. The van der Waals surface area contributed by atoms with Crippen LogP contribution in [-0.4, -0.2) is 24.5 Å². The van der Waals surface area contributed by atoms with Gasteiger partial charge in [-0.05, 0) is 44.7 Å². The highest BCUT2D eigenvalue weighted by Crippen LogP contribution is 2.32. The van der Waals surface area contributed by atoms with Gasteiger partial charge in [0.25, 0.3) is 5.91 Å². The van der Waals surface area contributed by atoms with Crippen molar-refractivity contribution in [2.24, 2.45) is 5.92 Å². The molecule has 30 heavy (non-hydrogen) atoms. The van der Waals surface area contributed by atoms with Gasteiger partial charge in [-0.1, -0.05) is 36.4 Å². The quantitative estimate of drug-likeness (QED) is 0.630. The van der Waals surface area contributed by atoms with Crippen molar-refractivity contribution in [3.8, 4) is 11.3 Å². The molecule has 3 aromatic rings. The standard InChI is InChI=1S/C24H23NO5/c1-14-21(27)18-9-6-10-19(23(18)30-22(14)17-7-4-3-5-8-17)24(28)29-13-20(26)25-15(2)16-11-12-16/h3-10,15-16H,11-13H2,1-2H3,(H,25,26)/t15-/m0/s1. The molecule has 1 saturated carbocycles. The summed E-state index contributed by atoms with van der Waals surface area (Å²) in [6.07, 6.45) is 2.22. The Morgan fingerprint density at radius 1 is 1.13 bits per heavy atom. The van der Waals surface area contributed by atoms with E-state index in [0.29, 0.717) is 22.6 Å². The van der Waals surface area contributed by atoms with E-state index in [2.05, 4.69) is 5.32 Å². The number of amides is 1. The Labute approximate surface area is 173 Å². The number of rotatable bonds is 6. The van der Waals surface area contributed by atoms with Crippen molar-refractivity contribution in [2.45, 2.75) is 32.7 Å². The molecule has 1 aromatic heterocycles. The maximum absolute atomic E-state index is 12.9. The van der Waals surface area contributed by atoms with Gasteiger partial charge in [-0.25, -0.2) is 4.79 Å². The van der Waals surface area contributed by atoms with Crippen LogP contribution in [0.1, 0.15) is 35.7 Å². The molecule has 1 heterocycles. The second-order valence-electron chi connectivity index (χ2n) is 7.70. The minimum Gasteiger partial charge on any atom is -0.455 e. The highest BCUT2D eigenvalue weighted by atomic mass is 16.5. The van der Waals surface area contributed by atoms with E-state index in [1.54, 1.807) is 19.1 Å². The topological polar surface area (TPSA) is 85.6 Å². The van der Waals surface area contributed by atoms with E-state index in [4.69, 9.17) is 9.15 Å². The summed E-state index contributed by atoms with van der Waals surface area (Å²) in [6.45, 7) is 3.27. The van der Waals surface area contributed by atoms with Crippen LogP contribution in [0.2, 0.25) is 0 Å². The predicted octanol–water partition coefficient (Wildman–Crippen LogP) is 3.84. The Balaban J connectivity index is 1.62. The molecule has 1 N–H and O–H groups in total. The van der Waals surface area contributed by atoms with Gasteiger partial charge in [0.1, 0.15) is 11.3 Å². The average Bonchev–Trinajstić information content (AvgIpc) is 3.60. The van der Waals surface area contributed by atoms with Crippen molar-refractivity contribution in [1.82, 2.24) is 5.32 Å². The van der Waals surface area contributed by atoms with Crippen LogP contribution in [0.3, 0.4) is 0 Å². The Bertz CT molecular complexity index is 1160. The van der Waals surface area contributed by atoms with Gasteiger partial charge in [0.05, 0.1) is 5.39 Å². The van der Waals surface area contributed by atoms with E-state index in [0.717, 1.165) is 18.4 Å². The Kier molecular flexibility index (Phi) is 5.40. The smallest absolute Gasteiger partial charge is 0.342 e. The van der Waals surface area contributed by atoms with E-state index < -0.39 is 5.97 Å². The second kappa shape index (κ2) is 8.14. The predicted molar refractivity (Wildman–Crippen MR) is 113 cm³/mol. The summed E-state index contributed by atoms with van der Waals surface area (Å²) in [5, 5.41) is 3.14. The molecule has 6 heteroatoms. The first-order valence-corrected chi connectivity index (χ1v) is 10.0. The summed E-state index contributed by atoms with van der Waals surface area (Å²) in [5.74, 6) is -0.132. The molecule has 1 fully saturated rings. The molecule has 0 bridgehead atoms. The molecule has 1 atom stereocenters. The van der Waals surface area contributed by atoms with E-state index >= 15 is 0 Å². The van der Waals surface area contributed by atoms with Crippen molar-refractivity contribution < 1.29 is 18.7 Å². The number of hydrogen-bond acceptors (Lipinski definition) is 5. The molecule has 0 saturated heterocycles. The van der Waals surface area contributed by atoms with Crippen LogP contribution in [0.4, 0.5) is 0 Å². The molecule has 4 rings (SSSR count). The molecule has 0 aliphatic heterocycles. The minimum atomic E-state index is -0.708. The summed E-state index contributed by atoms with van der Waals surface area (Å²) < 4.78 is 11.2. The lowest BCUT2D eigenvalue weighted by Crippen LogP contribution is -2.37. The first kappa shape index (κ1) is 19.9. The van der Waals surface area contributed by atoms with Crippen LogP contribution in [0, 0.1) is 12.8 Å². The number of ether oxygens (including phenoxy) is 1. The van der Waals surface area contributed by atoms with E-state index in [9.17, 15) is 14.4 Å². The van der Waals surface area contributed by atoms with Crippen LogP contribution in [0.15, 0.2) is 57.7 Å². The summed E-state index contributed by atoms with van der Waals surface area (Å²) in [4.78, 5) is 37.6. The molecular formula is C24H23NO5. The first-order valence-electron chi connectivity index (χ1n) is 10.0. The minimum absolute atomic E-state index is 0.0724. The lowest BCUT2D eigenvalue weighted by atomic mass is 10.0. The highest BCUT2D eigenvalue weighted by Gasteiger charge is 2.29. The number of para-hydroxylation sites is 1. The van der Waals surface area contributed by atoms with E-state index in [1.165, 1.54) is 6.07 Å². The van der Waals surface area contributed by atoms with Crippen molar-refractivity contribution in [3.63, 3.8) is 0 Å². The number of fused-ring (bicyclic) bond motifs is 1. The zero-order chi connectivity index (χ0) is 21.3. The Hall–Kier alpha value is -3.41. The van der Waals surface area contributed by atoms with Crippen LogP contribution >= 0.6 is 0 Å². The number of benzene rings is 2. The van der Waals surface area contributed by atoms with E-state index in [1.807, 2.05) is 37.3 Å². The zero-order valence-corrected chi connectivity index (χ0v) is 16.9. The van der Waals surface area contributed by atoms with Crippen LogP contribution in [0.25, 0.3) is 22.3 Å². The third-order valence-electron chi connectivity index (χ3n) is 5.45. The third kappa shape index (κ3) is 3.99. The van der Waals surface area contributed by atoms with Crippen LogP contribution < -0.4 is 10.7 Å². The van der Waals surface area contributed by atoms with Crippen LogP contribution in [-0.2, 0) is 9.53 Å². The van der Waals surface area contributed by atoms with Gasteiger partial charge in [-0.15, -0.1) is 0 Å². The molecule has 0 radical (unpaired) electrons. The summed E-state index contributed by atoms with van der Waals surface area (Å²) >= 11 is 0. The fourth-order valence-electron chi connectivity index (χ4n) is 3.55. The van der Waals surface area contributed by atoms with Crippen molar-refractivity contribution in [2.75, 3.05) is 6.61 Å². The number of esters is 1. The molecule has 1 amide bonds. The molecule has 1 aliphatic rings. The van der Waals surface area contributed by atoms with Gasteiger partial charge in [-0.3, -0.25) is 9.59 Å². The molecule has 154 valence electrons. The van der Waals surface area contributed by atoms with E-state index in [-0.39, 0.29) is 35.1 Å². The van der Waals surface area contributed by atoms with Gasteiger partial charge >= 0.3 is 5.97 Å². The SMILES string of the molecule is Cc1c(-c2ccccc2)oc2c(C(=O)OCC(=O)N[C@@H](C)C3CC3)cccc2c1=O. The fraction of sp³-hybridized carbons (Fsp3) is 0.292. The summed E-state index contributed by atoms with van der Waals surface area (Å²) in [6, 6.07) is 14.1. The van der Waals surface area contributed by atoms with Gasteiger partial charge in [0.2, 0.25) is 0 Å². The molecule has 6 nitrogen and oxygen atoms in total. The van der Waals surface area contributed by atoms with Crippen molar-refractivity contribution >= 4 is 22.8 Å². The van der Waals surface area contributed by atoms with Gasteiger partial charge in [0.15, 0.2) is 17.6 Å². The second-order valence-corrected chi connectivity index (χ2v) is 7.70. The molecule has 0 unspecified atom stereocenters. The maximum Gasteiger partial charge on any atom is 0.342 e. The first-order chi connectivity index (χ1) is 14.5. The molecule has 2 aromatic carbocycles. The molecular weight excluding hydrogens is 382 g/mol. The Morgan fingerprint density at radius 2 is 1.87 bits per heavy atom. The number of hydrogen-bond donors (Lipinski definition) is 1. The molecule has 1 aliphatic carbocycles. The van der Waals surface area contributed by atoms with Gasteiger partial charge < -0.3 is 14.5 Å². The largest absolute Gasteiger partial charge is 0.455 e. The third-order valence-corrected chi connectivity index (χ3v) is 5.45. The van der Waals surface area contributed by atoms with Gasteiger partial charge in [-0.2, -0.15) is 0 Å². The van der Waals surface area contributed by atoms with Crippen molar-refractivity contribution in [3.05, 3.63) is 69.9 Å². The lowest BCUT2D eigenvalue weighted by molar-refractivity contribution is -0.124. The lowest BCUT2D eigenvalue weighted by Gasteiger charge is -2.13. The monoisotopic (exact) mass is 405 g/mol. The summed E-state index contributed by atoms with van der Waals surface area (Å²) in [7, 11) is 0. The summed E-state index contributed by atoms with van der Waals surface area (Å²) in [5.41, 5.74) is 1.27. The highest BCUT2D eigenvalue weighted by molar-refractivity contribution is 6.02. The maximum atomic E-state index is 12.9. The molecule has 0 spiro atoms. The number of carbonyl (C=O) groups excluding carboxylic acids is 2. The average molecular weight is 405 g/mol. The van der Waals surface area contributed by atoms with Gasteiger partial charge in [0, 0.05) is 17.2 Å². The Morgan fingerprint density at radius 3 is 2.57 bits per heavy atom. The zero-order valence-electron chi connectivity index (χ0n) is 16.9. The number of nitrogens with one attached hydrogen (secondary N) is 1.